The Labute approximate surface area is 122 Å². The second-order valence-corrected chi connectivity index (χ2v) is 6.00. The summed E-state index contributed by atoms with van der Waals surface area (Å²) >= 11 is 0. The zero-order chi connectivity index (χ0) is 14.6. The summed E-state index contributed by atoms with van der Waals surface area (Å²) in [5.74, 6) is 2.86. The topological polar surface area (TPSA) is 27.7 Å². The smallest absolute Gasteiger partial charge is 0.486 e. The third-order valence-electron chi connectivity index (χ3n) is 3.86. The quantitative estimate of drug-likeness (QED) is 0.606. The highest BCUT2D eigenvalue weighted by Crippen LogP contribution is 2.36. The fourth-order valence-corrected chi connectivity index (χ4v) is 1.94. The van der Waals surface area contributed by atoms with Gasteiger partial charge in [-0.2, -0.15) is 0 Å². The lowest BCUT2D eigenvalue weighted by Gasteiger charge is -2.32. The fourth-order valence-electron chi connectivity index (χ4n) is 1.94. The van der Waals surface area contributed by atoms with E-state index in [1.807, 2.05) is 42.4 Å². The van der Waals surface area contributed by atoms with Gasteiger partial charge in [0.25, 0.3) is 0 Å². The van der Waals surface area contributed by atoms with Gasteiger partial charge in [-0.15, -0.1) is 0 Å². The van der Waals surface area contributed by atoms with Crippen molar-refractivity contribution in [2.75, 3.05) is 6.61 Å². The van der Waals surface area contributed by atoms with Crippen molar-refractivity contribution in [1.29, 1.82) is 0 Å². The average molecular weight is 274 g/mol. The summed E-state index contributed by atoms with van der Waals surface area (Å²) in [4.78, 5) is 0. The molecule has 1 heterocycles. The Bertz CT molecular complexity index is 438. The molecule has 1 fully saturated rings. The van der Waals surface area contributed by atoms with Gasteiger partial charge in [-0.25, -0.2) is 0 Å². The van der Waals surface area contributed by atoms with Crippen LogP contribution in [-0.4, -0.2) is 24.9 Å². The Balaban J connectivity index is 1.73. The summed E-state index contributed by atoms with van der Waals surface area (Å²) in [6.45, 7) is 8.87. The molecule has 0 unspecified atom stereocenters. The molecular formula is C16H23BO3. The molecule has 0 bridgehead atoms. The minimum absolute atomic E-state index is 0.267. The van der Waals surface area contributed by atoms with E-state index in [9.17, 15) is 0 Å². The van der Waals surface area contributed by atoms with Gasteiger partial charge in [-0.1, -0.05) is 30.3 Å². The summed E-state index contributed by atoms with van der Waals surface area (Å²) in [6, 6.07) is 9.83. The molecule has 0 aliphatic carbocycles. The SMILES string of the molecule is CC1(C)OB(C=CCCOc2ccccc2)OC1(C)C. The van der Waals surface area contributed by atoms with Gasteiger partial charge in [-0.3, -0.25) is 0 Å². The third kappa shape index (κ3) is 3.65. The standard InChI is InChI=1S/C16H23BO3/c1-15(2)16(3,4)20-17(19-15)12-8-9-13-18-14-10-6-5-7-11-14/h5-8,10-12H,9,13H2,1-4H3. The van der Waals surface area contributed by atoms with Gasteiger partial charge in [0.15, 0.2) is 0 Å². The van der Waals surface area contributed by atoms with E-state index < -0.39 is 0 Å². The van der Waals surface area contributed by atoms with Crippen LogP contribution in [0.3, 0.4) is 0 Å². The largest absolute Gasteiger partial charge is 0.493 e. The van der Waals surface area contributed by atoms with Crippen molar-refractivity contribution in [3.05, 3.63) is 42.4 Å². The van der Waals surface area contributed by atoms with Crippen LogP contribution in [0.1, 0.15) is 34.1 Å². The maximum atomic E-state index is 5.88. The van der Waals surface area contributed by atoms with E-state index in [1.165, 1.54) is 0 Å². The van der Waals surface area contributed by atoms with Crippen molar-refractivity contribution < 1.29 is 14.0 Å². The second kappa shape index (κ2) is 6.02. The molecule has 0 saturated carbocycles. The third-order valence-corrected chi connectivity index (χ3v) is 3.86. The molecule has 4 heteroatoms. The van der Waals surface area contributed by atoms with Gasteiger partial charge in [0.1, 0.15) is 5.75 Å². The first-order valence-electron chi connectivity index (χ1n) is 7.11. The number of para-hydroxylation sites is 1. The first kappa shape index (κ1) is 15.1. The molecular weight excluding hydrogens is 251 g/mol. The molecule has 0 atom stereocenters. The summed E-state index contributed by atoms with van der Waals surface area (Å²) in [6.07, 6.45) is 2.88. The minimum atomic E-state index is -0.275. The van der Waals surface area contributed by atoms with E-state index in [0.717, 1.165) is 12.2 Å². The van der Waals surface area contributed by atoms with Gasteiger partial charge in [0.05, 0.1) is 17.8 Å². The van der Waals surface area contributed by atoms with Crippen LogP contribution in [0.4, 0.5) is 0 Å². The van der Waals surface area contributed by atoms with Crippen molar-refractivity contribution in [3.8, 4) is 5.75 Å². The number of rotatable bonds is 5. The molecule has 2 rings (SSSR count). The molecule has 1 aromatic rings. The Hall–Kier alpha value is -1.26. The number of hydrogen-bond donors (Lipinski definition) is 0. The Morgan fingerprint density at radius 3 is 2.25 bits per heavy atom. The van der Waals surface area contributed by atoms with E-state index in [1.54, 1.807) is 0 Å². The average Bonchev–Trinajstić information content (AvgIpc) is 2.58. The molecule has 1 aliphatic rings. The van der Waals surface area contributed by atoms with Crippen molar-refractivity contribution in [1.82, 2.24) is 0 Å². The van der Waals surface area contributed by atoms with Crippen LogP contribution in [-0.2, 0) is 9.31 Å². The van der Waals surface area contributed by atoms with Crippen LogP contribution in [0, 0.1) is 0 Å². The minimum Gasteiger partial charge on any atom is -0.493 e. The molecule has 0 radical (unpaired) electrons. The highest BCUT2D eigenvalue weighted by molar-refractivity contribution is 6.51. The van der Waals surface area contributed by atoms with E-state index in [0.29, 0.717) is 6.61 Å². The van der Waals surface area contributed by atoms with E-state index in [2.05, 4.69) is 27.7 Å². The van der Waals surface area contributed by atoms with Crippen LogP contribution in [0.2, 0.25) is 0 Å². The van der Waals surface area contributed by atoms with E-state index in [4.69, 9.17) is 14.0 Å². The monoisotopic (exact) mass is 274 g/mol. The van der Waals surface area contributed by atoms with Crippen LogP contribution in [0.15, 0.2) is 42.4 Å². The van der Waals surface area contributed by atoms with Crippen LogP contribution in [0.5, 0.6) is 5.75 Å². The summed E-state index contributed by atoms with van der Waals surface area (Å²) in [5.41, 5.74) is -0.551. The van der Waals surface area contributed by atoms with Crippen LogP contribution in [0.25, 0.3) is 0 Å². The number of benzene rings is 1. The molecule has 20 heavy (non-hydrogen) atoms. The lowest BCUT2D eigenvalue weighted by molar-refractivity contribution is 0.00578. The van der Waals surface area contributed by atoms with Gasteiger partial charge in [0.2, 0.25) is 0 Å². The molecule has 1 saturated heterocycles. The summed E-state index contributed by atoms with van der Waals surface area (Å²) in [7, 11) is -0.267. The molecule has 1 aromatic carbocycles. The zero-order valence-electron chi connectivity index (χ0n) is 12.8. The molecule has 1 aliphatic heterocycles. The highest BCUT2D eigenvalue weighted by Gasteiger charge is 2.49. The van der Waals surface area contributed by atoms with Crippen LogP contribution < -0.4 is 4.74 Å². The second-order valence-electron chi connectivity index (χ2n) is 6.00. The maximum absolute atomic E-state index is 5.88. The molecule has 0 N–H and O–H groups in total. The van der Waals surface area contributed by atoms with Gasteiger partial charge >= 0.3 is 7.12 Å². The normalized spacial score (nSPS) is 20.5. The van der Waals surface area contributed by atoms with Gasteiger partial charge < -0.3 is 14.0 Å². The van der Waals surface area contributed by atoms with Crippen LogP contribution >= 0.6 is 0 Å². The highest BCUT2D eigenvalue weighted by atomic mass is 16.7. The number of ether oxygens (including phenoxy) is 1. The predicted molar refractivity (Wildman–Crippen MR) is 81.8 cm³/mol. The first-order chi connectivity index (χ1) is 9.41. The van der Waals surface area contributed by atoms with Gasteiger partial charge in [0, 0.05) is 0 Å². The van der Waals surface area contributed by atoms with Gasteiger partial charge in [-0.05, 0) is 46.2 Å². The predicted octanol–water partition coefficient (Wildman–Crippen LogP) is 3.64. The summed E-state index contributed by atoms with van der Waals surface area (Å²) in [5, 5.41) is 0. The van der Waals surface area contributed by atoms with Crippen molar-refractivity contribution in [2.24, 2.45) is 0 Å². The van der Waals surface area contributed by atoms with Crippen molar-refractivity contribution in [2.45, 2.75) is 45.3 Å². The first-order valence-corrected chi connectivity index (χ1v) is 7.11. The molecule has 0 spiro atoms. The molecule has 108 valence electrons. The molecule has 3 nitrogen and oxygen atoms in total. The maximum Gasteiger partial charge on any atom is 0.486 e. The lowest BCUT2D eigenvalue weighted by Crippen LogP contribution is -2.41. The molecule has 0 aromatic heterocycles. The van der Waals surface area contributed by atoms with E-state index >= 15 is 0 Å². The Morgan fingerprint density at radius 1 is 1.05 bits per heavy atom. The Kier molecular flexibility index (Phi) is 4.56. The van der Waals surface area contributed by atoms with Crippen molar-refractivity contribution in [3.63, 3.8) is 0 Å². The van der Waals surface area contributed by atoms with E-state index in [-0.39, 0.29) is 18.3 Å². The zero-order valence-corrected chi connectivity index (χ0v) is 12.8. The fraction of sp³-hybridized carbons (Fsp3) is 0.500. The molecule has 0 amide bonds. The van der Waals surface area contributed by atoms with Crippen molar-refractivity contribution >= 4 is 7.12 Å². The number of hydrogen-bond acceptors (Lipinski definition) is 3. The Morgan fingerprint density at radius 2 is 1.65 bits per heavy atom. The summed E-state index contributed by atoms with van der Waals surface area (Å²) < 4.78 is 17.4. The lowest BCUT2D eigenvalue weighted by atomic mass is 9.90.